The van der Waals surface area contributed by atoms with Gasteiger partial charge >= 0.3 is 5.69 Å². The highest BCUT2D eigenvalue weighted by molar-refractivity contribution is 5.59. The van der Waals surface area contributed by atoms with Crippen molar-refractivity contribution >= 4 is 11.5 Å². The number of rotatable bonds is 5. The summed E-state index contributed by atoms with van der Waals surface area (Å²) in [6, 6.07) is 0. The number of hydrogen-bond donors (Lipinski definition) is 2. The minimum Gasteiger partial charge on any atom is -0.383 e. The number of aryl methyl sites for hydroxylation is 3. The summed E-state index contributed by atoms with van der Waals surface area (Å²) in [6.45, 7) is 3.28. The number of hydrogen-bond acceptors (Lipinski definition) is 6. The predicted molar refractivity (Wildman–Crippen MR) is 75.9 cm³/mol. The van der Waals surface area contributed by atoms with Crippen LogP contribution in [0, 0.1) is 17.0 Å². The highest BCUT2D eigenvalue weighted by Crippen LogP contribution is 2.29. The van der Waals surface area contributed by atoms with E-state index in [0.717, 1.165) is 0 Å². The first-order valence-electron chi connectivity index (χ1n) is 6.35. The van der Waals surface area contributed by atoms with Gasteiger partial charge in [-0.1, -0.05) is 0 Å². The van der Waals surface area contributed by atoms with Crippen LogP contribution in [0.3, 0.4) is 0 Å². The standard InChI is InChI=1S/C12H18N6O3/c1-8-10(18(20)21)11(17(4)15-8)13-7-12(2,19)9-5-14-16(3)6-9/h5-6,13,19H,7H2,1-4H3. The molecule has 2 aromatic rings. The maximum atomic E-state index is 11.1. The van der Waals surface area contributed by atoms with Crippen LogP contribution in [0.15, 0.2) is 12.4 Å². The summed E-state index contributed by atoms with van der Waals surface area (Å²) < 4.78 is 2.98. The maximum Gasteiger partial charge on any atom is 0.333 e. The van der Waals surface area contributed by atoms with Crippen LogP contribution >= 0.6 is 0 Å². The molecule has 114 valence electrons. The highest BCUT2D eigenvalue weighted by Gasteiger charge is 2.29. The van der Waals surface area contributed by atoms with Crippen LogP contribution in [-0.4, -0.2) is 36.1 Å². The van der Waals surface area contributed by atoms with Gasteiger partial charge in [0, 0.05) is 32.4 Å². The van der Waals surface area contributed by atoms with Crippen LogP contribution in [0.4, 0.5) is 11.5 Å². The number of nitrogens with one attached hydrogen (secondary N) is 1. The van der Waals surface area contributed by atoms with E-state index in [9.17, 15) is 15.2 Å². The molecule has 0 radical (unpaired) electrons. The normalized spacial score (nSPS) is 14.0. The van der Waals surface area contributed by atoms with Gasteiger partial charge in [0.1, 0.15) is 11.3 Å². The zero-order valence-electron chi connectivity index (χ0n) is 12.4. The van der Waals surface area contributed by atoms with Crippen LogP contribution in [0.2, 0.25) is 0 Å². The molecule has 0 fully saturated rings. The molecular formula is C12H18N6O3. The first-order valence-corrected chi connectivity index (χ1v) is 6.35. The van der Waals surface area contributed by atoms with Gasteiger partial charge in [-0.3, -0.25) is 14.8 Å². The van der Waals surface area contributed by atoms with E-state index in [0.29, 0.717) is 11.3 Å². The number of aliphatic hydroxyl groups is 1. The van der Waals surface area contributed by atoms with Gasteiger partial charge in [0.15, 0.2) is 0 Å². The first-order chi connectivity index (χ1) is 9.72. The summed E-state index contributed by atoms with van der Waals surface area (Å²) >= 11 is 0. The summed E-state index contributed by atoms with van der Waals surface area (Å²) in [4.78, 5) is 10.6. The molecule has 0 saturated carbocycles. The fourth-order valence-electron chi connectivity index (χ4n) is 2.12. The summed E-state index contributed by atoms with van der Waals surface area (Å²) in [5.41, 5.74) is -0.343. The average molecular weight is 294 g/mol. The van der Waals surface area contributed by atoms with Gasteiger partial charge in [0.05, 0.1) is 11.1 Å². The zero-order chi connectivity index (χ0) is 15.8. The van der Waals surface area contributed by atoms with Crippen molar-refractivity contribution in [1.82, 2.24) is 19.6 Å². The van der Waals surface area contributed by atoms with E-state index in [4.69, 9.17) is 0 Å². The average Bonchev–Trinajstić information content (AvgIpc) is 2.91. The van der Waals surface area contributed by atoms with Crippen molar-refractivity contribution in [2.75, 3.05) is 11.9 Å². The molecule has 0 aromatic carbocycles. The van der Waals surface area contributed by atoms with E-state index in [2.05, 4.69) is 15.5 Å². The molecule has 2 heterocycles. The van der Waals surface area contributed by atoms with Crippen molar-refractivity contribution in [2.24, 2.45) is 14.1 Å². The van der Waals surface area contributed by atoms with Crippen molar-refractivity contribution in [3.8, 4) is 0 Å². The fraction of sp³-hybridized carbons (Fsp3) is 0.500. The smallest absolute Gasteiger partial charge is 0.333 e. The predicted octanol–water partition coefficient (Wildman–Crippen LogP) is 0.690. The molecule has 0 aliphatic heterocycles. The lowest BCUT2D eigenvalue weighted by Gasteiger charge is -2.22. The minimum atomic E-state index is -1.21. The second kappa shape index (κ2) is 5.17. The van der Waals surface area contributed by atoms with Crippen molar-refractivity contribution in [2.45, 2.75) is 19.4 Å². The topological polar surface area (TPSA) is 111 Å². The lowest BCUT2D eigenvalue weighted by Crippen LogP contribution is -2.31. The van der Waals surface area contributed by atoms with E-state index >= 15 is 0 Å². The Balaban J connectivity index is 2.22. The Bertz CT molecular complexity index is 673. The lowest BCUT2D eigenvalue weighted by molar-refractivity contribution is -0.384. The molecule has 0 spiro atoms. The first kappa shape index (κ1) is 15.0. The summed E-state index contributed by atoms with van der Waals surface area (Å²) in [5.74, 6) is 0.265. The number of nitrogens with zero attached hydrogens (tertiary/aromatic N) is 5. The molecule has 0 amide bonds. The van der Waals surface area contributed by atoms with E-state index in [1.54, 1.807) is 45.0 Å². The summed E-state index contributed by atoms with van der Waals surface area (Å²) in [7, 11) is 3.36. The Morgan fingerprint density at radius 3 is 2.71 bits per heavy atom. The van der Waals surface area contributed by atoms with Gasteiger partial charge in [-0.2, -0.15) is 10.2 Å². The Kier molecular flexibility index (Phi) is 3.69. The number of anilines is 1. The van der Waals surface area contributed by atoms with E-state index in [-0.39, 0.29) is 18.1 Å². The summed E-state index contributed by atoms with van der Waals surface area (Å²) in [6.07, 6.45) is 3.26. The highest BCUT2D eigenvalue weighted by atomic mass is 16.6. The van der Waals surface area contributed by atoms with Crippen LogP contribution in [0.25, 0.3) is 0 Å². The van der Waals surface area contributed by atoms with Crippen LogP contribution in [0.1, 0.15) is 18.2 Å². The third-order valence-electron chi connectivity index (χ3n) is 3.30. The lowest BCUT2D eigenvalue weighted by atomic mass is 10.00. The Hall–Kier alpha value is -2.42. The fourth-order valence-corrected chi connectivity index (χ4v) is 2.12. The van der Waals surface area contributed by atoms with Gasteiger partial charge in [-0.15, -0.1) is 0 Å². The van der Waals surface area contributed by atoms with Crippen LogP contribution < -0.4 is 5.32 Å². The largest absolute Gasteiger partial charge is 0.383 e. The van der Waals surface area contributed by atoms with E-state index < -0.39 is 10.5 Å². The molecule has 2 rings (SSSR count). The third kappa shape index (κ3) is 2.87. The molecule has 0 aliphatic rings. The van der Waals surface area contributed by atoms with Gasteiger partial charge < -0.3 is 10.4 Å². The van der Waals surface area contributed by atoms with E-state index in [1.807, 2.05) is 0 Å². The molecule has 0 bridgehead atoms. The SMILES string of the molecule is Cc1nn(C)c(NCC(C)(O)c2cnn(C)c2)c1[N+](=O)[O-]. The molecule has 1 atom stereocenters. The zero-order valence-corrected chi connectivity index (χ0v) is 12.4. The minimum absolute atomic E-state index is 0.0838. The van der Waals surface area contributed by atoms with Crippen molar-refractivity contribution in [3.63, 3.8) is 0 Å². The van der Waals surface area contributed by atoms with E-state index in [1.165, 1.54) is 4.68 Å². The quantitative estimate of drug-likeness (QED) is 0.620. The van der Waals surface area contributed by atoms with Crippen LogP contribution in [-0.2, 0) is 19.7 Å². The van der Waals surface area contributed by atoms with Gasteiger partial charge in [0.25, 0.3) is 0 Å². The van der Waals surface area contributed by atoms with Gasteiger partial charge in [0.2, 0.25) is 5.82 Å². The van der Waals surface area contributed by atoms with Crippen LogP contribution in [0.5, 0.6) is 0 Å². The van der Waals surface area contributed by atoms with Gasteiger partial charge in [-0.25, -0.2) is 4.68 Å². The molecule has 2 aromatic heterocycles. The molecule has 9 heteroatoms. The molecule has 0 aliphatic carbocycles. The Labute approximate surface area is 121 Å². The molecular weight excluding hydrogens is 276 g/mol. The second-order valence-corrected chi connectivity index (χ2v) is 5.19. The molecule has 0 saturated heterocycles. The monoisotopic (exact) mass is 294 g/mol. The van der Waals surface area contributed by atoms with Crippen molar-refractivity contribution in [3.05, 3.63) is 33.8 Å². The number of aromatic nitrogens is 4. The van der Waals surface area contributed by atoms with Crippen molar-refractivity contribution in [1.29, 1.82) is 0 Å². The molecule has 9 nitrogen and oxygen atoms in total. The van der Waals surface area contributed by atoms with Gasteiger partial charge in [-0.05, 0) is 13.8 Å². The second-order valence-electron chi connectivity index (χ2n) is 5.19. The molecule has 1 unspecified atom stereocenters. The third-order valence-corrected chi connectivity index (χ3v) is 3.30. The number of nitro groups is 1. The Morgan fingerprint density at radius 1 is 1.52 bits per heavy atom. The molecule has 21 heavy (non-hydrogen) atoms. The maximum absolute atomic E-state index is 11.1. The van der Waals surface area contributed by atoms with Crippen molar-refractivity contribution < 1.29 is 10.0 Å². The molecule has 2 N–H and O–H groups in total. The Morgan fingerprint density at radius 2 is 2.19 bits per heavy atom. The summed E-state index contributed by atoms with van der Waals surface area (Å²) in [5, 5.41) is 32.5.